The maximum Gasteiger partial charge on any atom is 0.416 e. The van der Waals surface area contributed by atoms with Crippen LogP contribution in [0.15, 0.2) is 59.0 Å². The highest BCUT2D eigenvalue weighted by molar-refractivity contribution is 5.69. The molecule has 2 aromatic carbocycles. The molecule has 0 aliphatic carbocycles. The van der Waals surface area contributed by atoms with E-state index < -0.39 is 11.7 Å². The zero-order chi connectivity index (χ0) is 21.7. The van der Waals surface area contributed by atoms with Gasteiger partial charge in [-0.3, -0.25) is 0 Å². The van der Waals surface area contributed by atoms with Crippen molar-refractivity contribution in [1.82, 2.24) is 10.5 Å². The van der Waals surface area contributed by atoms with Gasteiger partial charge in [-0.2, -0.15) is 13.2 Å². The normalized spacial score (nSPS) is 12.3. The Bertz CT molecular complexity index is 1020. The summed E-state index contributed by atoms with van der Waals surface area (Å²) in [5.41, 5.74) is 4.16. The van der Waals surface area contributed by atoms with Crippen LogP contribution in [0.2, 0.25) is 0 Å². The first kappa shape index (κ1) is 21.6. The van der Waals surface area contributed by atoms with E-state index in [2.05, 4.69) is 10.5 Å². The lowest BCUT2D eigenvalue weighted by atomic mass is 10.1. The third-order valence-corrected chi connectivity index (χ3v) is 4.53. The number of ether oxygens (including phenoxy) is 1. The Kier molecular flexibility index (Phi) is 6.59. The molecule has 0 bridgehead atoms. The molecule has 30 heavy (non-hydrogen) atoms. The minimum Gasteiger partial charge on any atom is -0.487 e. The van der Waals surface area contributed by atoms with E-state index in [-0.39, 0.29) is 12.5 Å². The van der Waals surface area contributed by atoms with E-state index in [0.29, 0.717) is 29.3 Å². The smallest absolute Gasteiger partial charge is 0.416 e. The van der Waals surface area contributed by atoms with E-state index in [1.54, 1.807) is 6.92 Å². The number of hydrogen-bond acceptors (Lipinski definition) is 5. The molecule has 0 saturated heterocycles. The molecular formula is C22H21F3N2O3. The van der Waals surface area contributed by atoms with Gasteiger partial charge in [0.05, 0.1) is 5.56 Å². The molecule has 0 aliphatic heterocycles. The van der Waals surface area contributed by atoms with Gasteiger partial charge in [-0.1, -0.05) is 24.3 Å². The molecular weight excluding hydrogens is 397 g/mol. The Labute approximate surface area is 171 Å². The van der Waals surface area contributed by atoms with Crippen molar-refractivity contribution < 1.29 is 27.5 Å². The van der Waals surface area contributed by atoms with Gasteiger partial charge in [0.15, 0.2) is 0 Å². The predicted octanol–water partition coefficient (Wildman–Crippen LogP) is 5.63. The summed E-state index contributed by atoms with van der Waals surface area (Å²) in [6.07, 6.45) is -2.57. The van der Waals surface area contributed by atoms with Crippen LogP contribution >= 0.6 is 0 Å². The monoisotopic (exact) mass is 418 g/mol. The van der Waals surface area contributed by atoms with Gasteiger partial charge in [-0.05, 0) is 49.8 Å². The summed E-state index contributed by atoms with van der Waals surface area (Å²) in [5.74, 6) is 1.40. The molecule has 0 unspecified atom stereocenters. The lowest BCUT2D eigenvalue weighted by molar-refractivity contribution is -0.137. The average molecular weight is 418 g/mol. The zero-order valence-electron chi connectivity index (χ0n) is 16.5. The summed E-state index contributed by atoms with van der Waals surface area (Å²) in [4.78, 5) is 4.38. The molecule has 0 atom stereocenters. The highest BCUT2D eigenvalue weighted by Gasteiger charge is 2.30. The summed E-state index contributed by atoms with van der Waals surface area (Å²) in [5, 5.41) is 8.76. The van der Waals surface area contributed by atoms with Crippen LogP contribution in [0.1, 0.15) is 29.5 Å². The van der Waals surface area contributed by atoms with E-state index >= 15 is 0 Å². The number of hydrogen-bond donors (Lipinski definition) is 2. The third kappa shape index (κ3) is 5.08. The number of hydroxylamine groups is 1. The maximum atomic E-state index is 12.7. The SMILES string of the molecule is C/C(=C\CNO)c1ccccc1OCc1nc(-c2ccc(C(F)(F)F)cc2)oc1C. The van der Waals surface area contributed by atoms with Crippen molar-refractivity contribution in [2.45, 2.75) is 26.6 Å². The average Bonchev–Trinajstić information content (AvgIpc) is 3.10. The Morgan fingerprint density at radius 1 is 1.17 bits per heavy atom. The van der Waals surface area contributed by atoms with Gasteiger partial charge in [0, 0.05) is 17.7 Å². The Morgan fingerprint density at radius 2 is 1.87 bits per heavy atom. The van der Waals surface area contributed by atoms with E-state index in [1.165, 1.54) is 12.1 Å². The third-order valence-electron chi connectivity index (χ3n) is 4.53. The fourth-order valence-corrected chi connectivity index (χ4v) is 2.86. The Balaban J connectivity index is 1.76. The molecule has 0 saturated carbocycles. The summed E-state index contributed by atoms with van der Waals surface area (Å²) in [6, 6.07) is 12.1. The van der Waals surface area contributed by atoms with Crippen LogP contribution in [0, 0.1) is 6.92 Å². The number of allylic oxidation sites excluding steroid dienone is 1. The second-order valence-corrected chi connectivity index (χ2v) is 6.63. The fraction of sp³-hybridized carbons (Fsp3) is 0.227. The number of aryl methyl sites for hydroxylation is 1. The van der Waals surface area contributed by atoms with Crippen LogP contribution in [-0.2, 0) is 12.8 Å². The standard InChI is InChI=1S/C22H21F3N2O3/c1-14(11-12-26-28)18-5-3-4-6-20(18)29-13-19-15(2)30-21(27-19)16-7-9-17(10-8-16)22(23,24)25/h3-11,26,28H,12-13H2,1-2H3/b14-11+. The molecule has 2 N–H and O–H groups in total. The summed E-state index contributed by atoms with van der Waals surface area (Å²) in [7, 11) is 0. The number of halogens is 3. The van der Waals surface area contributed by atoms with E-state index in [9.17, 15) is 13.2 Å². The number of nitrogens with one attached hydrogen (secondary N) is 1. The summed E-state index contributed by atoms with van der Waals surface area (Å²) < 4.78 is 49.8. The lowest BCUT2D eigenvalue weighted by Crippen LogP contribution is -2.06. The molecule has 0 spiro atoms. The summed E-state index contributed by atoms with van der Waals surface area (Å²) >= 11 is 0. The van der Waals surface area contributed by atoms with Gasteiger partial charge in [0.2, 0.25) is 5.89 Å². The van der Waals surface area contributed by atoms with Crippen molar-refractivity contribution in [2.75, 3.05) is 6.54 Å². The summed E-state index contributed by atoms with van der Waals surface area (Å²) in [6.45, 7) is 4.07. The molecule has 0 aliphatic rings. The van der Waals surface area contributed by atoms with Gasteiger partial charge < -0.3 is 14.4 Å². The van der Waals surface area contributed by atoms with E-state index in [0.717, 1.165) is 23.3 Å². The van der Waals surface area contributed by atoms with Crippen LogP contribution in [0.3, 0.4) is 0 Å². The molecule has 0 radical (unpaired) electrons. The molecule has 3 rings (SSSR count). The number of nitrogens with zero attached hydrogens (tertiary/aromatic N) is 1. The topological polar surface area (TPSA) is 67.5 Å². The van der Waals surface area contributed by atoms with Crippen molar-refractivity contribution in [3.05, 3.63) is 77.2 Å². The molecule has 1 aromatic heterocycles. The first-order valence-corrected chi connectivity index (χ1v) is 9.19. The zero-order valence-corrected chi connectivity index (χ0v) is 16.5. The predicted molar refractivity (Wildman–Crippen MR) is 106 cm³/mol. The first-order chi connectivity index (χ1) is 14.3. The van der Waals surface area contributed by atoms with Crippen molar-refractivity contribution in [3.8, 4) is 17.2 Å². The number of oxazole rings is 1. The minimum atomic E-state index is -4.39. The van der Waals surface area contributed by atoms with Crippen molar-refractivity contribution in [2.24, 2.45) is 0 Å². The lowest BCUT2D eigenvalue weighted by Gasteiger charge is -2.11. The first-order valence-electron chi connectivity index (χ1n) is 9.19. The second kappa shape index (κ2) is 9.15. The van der Waals surface area contributed by atoms with Crippen LogP contribution in [0.25, 0.3) is 17.0 Å². The van der Waals surface area contributed by atoms with E-state index in [1.807, 2.05) is 37.3 Å². The van der Waals surface area contributed by atoms with Crippen LogP contribution in [0.5, 0.6) is 5.75 Å². The molecule has 3 aromatic rings. The second-order valence-electron chi connectivity index (χ2n) is 6.63. The number of para-hydroxylation sites is 1. The van der Waals surface area contributed by atoms with Gasteiger partial charge >= 0.3 is 6.18 Å². The molecule has 0 amide bonds. The van der Waals surface area contributed by atoms with Crippen LogP contribution in [0.4, 0.5) is 13.2 Å². The Morgan fingerprint density at radius 3 is 2.53 bits per heavy atom. The van der Waals surface area contributed by atoms with Crippen molar-refractivity contribution >= 4 is 5.57 Å². The molecule has 0 fully saturated rings. The minimum absolute atomic E-state index is 0.137. The number of benzene rings is 2. The largest absolute Gasteiger partial charge is 0.487 e. The van der Waals surface area contributed by atoms with Gasteiger partial charge in [-0.15, -0.1) is 0 Å². The van der Waals surface area contributed by atoms with Crippen molar-refractivity contribution in [1.29, 1.82) is 0 Å². The Hall–Kier alpha value is -3.10. The fourth-order valence-electron chi connectivity index (χ4n) is 2.86. The van der Waals surface area contributed by atoms with Crippen LogP contribution in [-0.4, -0.2) is 16.7 Å². The van der Waals surface area contributed by atoms with Crippen molar-refractivity contribution in [3.63, 3.8) is 0 Å². The van der Waals surface area contributed by atoms with Gasteiger partial charge in [0.1, 0.15) is 23.8 Å². The maximum absolute atomic E-state index is 12.7. The number of rotatable bonds is 7. The highest BCUT2D eigenvalue weighted by Crippen LogP contribution is 2.31. The number of aromatic nitrogens is 1. The van der Waals surface area contributed by atoms with Gasteiger partial charge in [-0.25, -0.2) is 10.5 Å². The number of alkyl halides is 3. The molecule has 8 heteroatoms. The molecule has 158 valence electrons. The van der Waals surface area contributed by atoms with Gasteiger partial charge in [0.25, 0.3) is 0 Å². The molecule has 5 nitrogen and oxygen atoms in total. The van der Waals surface area contributed by atoms with E-state index in [4.69, 9.17) is 14.4 Å². The molecule has 1 heterocycles. The highest BCUT2D eigenvalue weighted by atomic mass is 19.4. The van der Waals surface area contributed by atoms with Crippen LogP contribution < -0.4 is 10.2 Å². The quantitative estimate of drug-likeness (QED) is 0.487.